The fraction of sp³-hybridized carbons (Fsp3) is 0.667. The predicted molar refractivity (Wildman–Crippen MR) is 37.1 cm³/mol. The minimum absolute atomic E-state index is 0. The molecule has 0 spiro atoms. The first-order chi connectivity index (χ1) is 4.95. The van der Waals surface area contributed by atoms with Crippen molar-refractivity contribution in [2.75, 3.05) is 0 Å². The Kier molecular flexibility index (Phi) is 14.2. The van der Waals surface area contributed by atoms with Crippen LogP contribution in [0.2, 0.25) is 0 Å². The summed E-state index contributed by atoms with van der Waals surface area (Å²) in [5.41, 5.74) is 0. The fourth-order valence-corrected chi connectivity index (χ4v) is 0.323. The third-order valence-electron chi connectivity index (χ3n) is 0.982. The zero-order valence-corrected chi connectivity index (χ0v) is 12.3. The van der Waals surface area contributed by atoms with Crippen molar-refractivity contribution in [3.63, 3.8) is 0 Å². The zero-order chi connectivity index (χ0) is 9.02. The van der Waals surface area contributed by atoms with Gasteiger partial charge in [0, 0.05) is 0 Å². The van der Waals surface area contributed by atoms with E-state index in [4.69, 9.17) is 10.2 Å². The van der Waals surface area contributed by atoms with Gasteiger partial charge in [0.2, 0.25) is 0 Å². The van der Waals surface area contributed by atoms with E-state index in [-0.39, 0.29) is 62.0 Å². The van der Waals surface area contributed by atoms with Gasteiger partial charge in [-0.25, -0.2) is 9.59 Å². The second kappa shape index (κ2) is 9.45. The van der Waals surface area contributed by atoms with Gasteiger partial charge in [0.15, 0.2) is 6.10 Å². The van der Waals surface area contributed by atoms with Crippen LogP contribution in [0.5, 0.6) is 0 Å². The van der Waals surface area contributed by atoms with Gasteiger partial charge in [-0.15, -0.1) is 0 Å². The average molecular weight is 210 g/mol. The molecule has 2 atom stereocenters. The number of carboxylic acids is 1. The summed E-state index contributed by atoms with van der Waals surface area (Å²) < 4.78 is 4.28. The number of ether oxygens (including phenoxy) is 1. The van der Waals surface area contributed by atoms with E-state index in [1.807, 2.05) is 0 Å². The molecule has 0 aliphatic heterocycles. The standard InChI is InChI=1S/C6H10O5.2Na.2H/c1-3(7)6(10)11-4(2)5(8)9;;;;/h3-4,7H,1-2H3,(H,8,9);;;;/q;2*+1;2*-1. The summed E-state index contributed by atoms with van der Waals surface area (Å²) in [5, 5.41) is 16.8. The SMILES string of the molecule is CC(O)C(=O)OC(C)C(=O)O.[H-].[H-].[Na+].[Na+]. The number of aliphatic carboxylic acids is 1. The van der Waals surface area contributed by atoms with Gasteiger partial charge in [-0.1, -0.05) is 0 Å². The van der Waals surface area contributed by atoms with Crippen LogP contribution in [0.1, 0.15) is 16.7 Å². The molecule has 0 heterocycles. The molecule has 0 aromatic rings. The Labute approximate surface area is 123 Å². The van der Waals surface area contributed by atoms with E-state index < -0.39 is 24.1 Å². The van der Waals surface area contributed by atoms with Gasteiger partial charge in [-0.3, -0.25) is 0 Å². The Morgan fingerprint density at radius 1 is 1.31 bits per heavy atom. The monoisotopic (exact) mass is 210 g/mol. The van der Waals surface area contributed by atoms with Gasteiger partial charge in [0.1, 0.15) is 6.10 Å². The Bertz CT molecular complexity index is 179. The molecule has 2 unspecified atom stereocenters. The summed E-state index contributed by atoms with van der Waals surface area (Å²) in [5.74, 6) is -2.17. The number of hydrogen-bond donors (Lipinski definition) is 2. The van der Waals surface area contributed by atoms with Gasteiger partial charge < -0.3 is 17.8 Å². The first-order valence-corrected chi connectivity index (χ1v) is 3.06. The predicted octanol–water partition coefficient (Wildman–Crippen LogP) is -6.38. The second-order valence-electron chi connectivity index (χ2n) is 2.09. The first kappa shape index (κ1) is 19.5. The molecule has 0 aromatic carbocycles. The third kappa shape index (κ3) is 9.21. The van der Waals surface area contributed by atoms with Crippen molar-refractivity contribution in [2.24, 2.45) is 0 Å². The Morgan fingerprint density at radius 3 is 1.92 bits per heavy atom. The first-order valence-electron chi connectivity index (χ1n) is 3.06. The molecule has 2 N–H and O–H groups in total. The Morgan fingerprint density at radius 2 is 1.69 bits per heavy atom. The summed E-state index contributed by atoms with van der Waals surface area (Å²) in [6.07, 6.45) is -2.49. The molecule has 5 nitrogen and oxygen atoms in total. The van der Waals surface area contributed by atoms with E-state index in [9.17, 15) is 9.59 Å². The number of rotatable bonds is 3. The van der Waals surface area contributed by atoms with Crippen LogP contribution in [0.15, 0.2) is 0 Å². The van der Waals surface area contributed by atoms with Crippen LogP contribution < -0.4 is 59.1 Å². The summed E-state index contributed by atoms with van der Waals surface area (Å²) in [7, 11) is 0. The summed E-state index contributed by atoms with van der Waals surface area (Å²) >= 11 is 0. The number of aliphatic hydroxyl groups is 1. The van der Waals surface area contributed by atoms with E-state index in [2.05, 4.69) is 4.74 Å². The average Bonchev–Trinajstić information content (AvgIpc) is 1.87. The molecule has 0 aromatic heterocycles. The molecule has 68 valence electrons. The molecular formula is C6H12Na2O5. The van der Waals surface area contributed by atoms with Gasteiger partial charge in [0.05, 0.1) is 0 Å². The smallest absolute Gasteiger partial charge is 1.00 e. The molecule has 7 heteroatoms. The molecule has 0 saturated carbocycles. The van der Waals surface area contributed by atoms with Crippen molar-refractivity contribution in [1.82, 2.24) is 0 Å². The van der Waals surface area contributed by atoms with Gasteiger partial charge in [0.25, 0.3) is 0 Å². The quantitative estimate of drug-likeness (QED) is 0.357. The van der Waals surface area contributed by atoms with E-state index in [0.717, 1.165) is 0 Å². The van der Waals surface area contributed by atoms with E-state index >= 15 is 0 Å². The number of carbonyl (C=O) groups excluding carboxylic acids is 1. The molecule has 0 fully saturated rings. The van der Waals surface area contributed by atoms with Gasteiger partial charge in [-0.2, -0.15) is 0 Å². The third-order valence-corrected chi connectivity index (χ3v) is 0.982. The van der Waals surface area contributed by atoms with Crippen molar-refractivity contribution >= 4 is 11.9 Å². The number of hydrogen-bond acceptors (Lipinski definition) is 4. The Hall–Kier alpha value is 0.900. The molecule has 0 rings (SSSR count). The second-order valence-corrected chi connectivity index (χ2v) is 2.09. The number of carboxylic acid groups (broad SMARTS) is 1. The van der Waals surface area contributed by atoms with Crippen LogP contribution >= 0.6 is 0 Å². The molecule has 0 bridgehead atoms. The largest absolute Gasteiger partial charge is 1.00 e. The minimum atomic E-state index is -1.28. The van der Waals surface area contributed by atoms with Gasteiger partial charge >= 0.3 is 71.1 Å². The summed E-state index contributed by atoms with van der Waals surface area (Å²) in [4.78, 5) is 20.6. The molecule has 13 heavy (non-hydrogen) atoms. The van der Waals surface area contributed by atoms with Crippen molar-refractivity contribution < 1.29 is 86.5 Å². The maximum atomic E-state index is 10.5. The van der Waals surface area contributed by atoms with Gasteiger partial charge in [-0.05, 0) is 13.8 Å². The van der Waals surface area contributed by atoms with Crippen LogP contribution in [0.25, 0.3) is 0 Å². The molecule has 0 aliphatic carbocycles. The number of esters is 1. The van der Waals surface area contributed by atoms with Crippen LogP contribution in [-0.4, -0.2) is 34.4 Å². The molecular weight excluding hydrogens is 198 g/mol. The molecule has 0 radical (unpaired) electrons. The molecule has 0 aliphatic rings. The Balaban J connectivity index is -0.0000000833. The molecule has 0 saturated heterocycles. The number of carbonyl (C=O) groups is 2. The maximum absolute atomic E-state index is 10.5. The van der Waals surface area contributed by atoms with E-state index in [1.165, 1.54) is 13.8 Å². The van der Waals surface area contributed by atoms with Crippen LogP contribution in [0, 0.1) is 0 Å². The molecule has 0 amide bonds. The van der Waals surface area contributed by atoms with Crippen molar-refractivity contribution in [3.05, 3.63) is 0 Å². The summed E-state index contributed by atoms with van der Waals surface area (Å²) in [6, 6.07) is 0. The minimum Gasteiger partial charge on any atom is -1.00 e. The summed E-state index contributed by atoms with van der Waals surface area (Å²) in [6.45, 7) is 2.42. The maximum Gasteiger partial charge on any atom is 1.00 e. The van der Waals surface area contributed by atoms with Crippen LogP contribution in [0.3, 0.4) is 0 Å². The van der Waals surface area contributed by atoms with E-state index in [0.29, 0.717) is 0 Å². The topological polar surface area (TPSA) is 83.8 Å². The normalized spacial score (nSPS) is 12.8. The van der Waals surface area contributed by atoms with Crippen LogP contribution in [0.4, 0.5) is 0 Å². The fourth-order valence-electron chi connectivity index (χ4n) is 0.323. The van der Waals surface area contributed by atoms with E-state index in [1.54, 1.807) is 0 Å². The van der Waals surface area contributed by atoms with Crippen LogP contribution in [-0.2, 0) is 14.3 Å². The van der Waals surface area contributed by atoms with Crippen molar-refractivity contribution in [1.29, 1.82) is 0 Å². The number of aliphatic hydroxyl groups excluding tert-OH is 1. The zero-order valence-electron chi connectivity index (χ0n) is 10.3. The van der Waals surface area contributed by atoms with Crippen molar-refractivity contribution in [2.45, 2.75) is 26.1 Å². The van der Waals surface area contributed by atoms with Crippen molar-refractivity contribution in [3.8, 4) is 0 Å².